The second kappa shape index (κ2) is 6.66. The predicted octanol–water partition coefficient (Wildman–Crippen LogP) is 2.86. The summed E-state index contributed by atoms with van der Waals surface area (Å²) in [5.41, 5.74) is 1.07. The first-order valence-electron chi connectivity index (χ1n) is 5.97. The van der Waals surface area contributed by atoms with Gasteiger partial charge < -0.3 is 9.52 Å². The lowest BCUT2D eigenvalue weighted by Gasteiger charge is -1.93. The summed E-state index contributed by atoms with van der Waals surface area (Å²) in [6, 6.07) is 10.1. The summed E-state index contributed by atoms with van der Waals surface area (Å²) in [6.07, 6.45) is 0. The highest BCUT2D eigenvalue weighted by Gasteiger charge is 2.15. The van der Waals surface area contributed by atoms with Crippen LogP contribution in [0.1, 0.15) is 10.4 Å². The lowest BCUT2D eigenvalue weighted by molar-refractivity contribution is -0.383. The monoisotopic (exact) mass is 336 g/mol. The van der Waals surface area contributed by atoms with E-state index in [0.29, 0.717) is 11.2 Å². The van der Waals surface area contributed by atoms with Crippen LogP contribution in [-0.4, -0.2) is 24.4 Å². The van der Waals surface area contributed by atoms with E-state index >= 15 is 0 Å². The third-order valence-corrected chi connectivity index (χ3v) is 2.99. The van der Waals surface area contributed by atoms with Gasteiger partial charge in [-0.2, -0.15) is 8.42 Å². The second-order valence-corrected chi connectivity index (χ2v) is 4.77. The number of hydrogen-bond donors (Lipinski definition) is 1. The highest BCUT2D eigenvalue weighted by Crippen LogP contribution is 2.27. The fourth-order valence-electron chi connectivity index (χ4n) is 1.70. The Hall–Kier alpha value is -3.27. The van der Waals surface area contributed by atoms with Crippen molar-refractivity contribution in [1.82, 2.24) is 0 Å². The molecule has 0 saturated carbocycles. The second-order valence-electron chi connectivity index (χ2n) is 4.15. The van der Waals surface area contributed by atoms with Gasteiger partial charge in [0.15, 0.2) is 0 Å². The van der Waals surface area contributed by atoms with Gasteiger partial charge in [0.2, 0.25) is 5.58 Å². The zero-order chi connectivity index (χ0) is 17.0. The van der Waals surface area contributed by atoms with Gasteiger partial charge in [-0.25, -0.2) is 4.79 Å². The maximum absolute atomic E-state index is 10.4. The molecule has 3 aromatic rings. The van der Waals surface area contributed by atoms with Crippen molar-refractivity contribution in [2.24, 2.45) is 4.36 Å². The zero-order valence-electron chi connectivity index (χ0n) is 11.2. The zero-order valence-corrected chi connectivity index (χ0v) is 12.1. The molecule has 0 aliphatic heterocycles. The molecule has 0 unspecified atom stereocenters. The van der Waals surface area contributed by atoms with E-state index in [9.17, 15) is 23.3 Å². The van der Waals surface area contributed by atoms with Crippen LogP contribution in [0.3, 0.4) is 0 Å². The number of nitrogens with zero attached hydrogens (tertiary/aromatic N) is 2. The number of fused-ring (bicyclic) bond motifs is 2. The minimum absolute atomic E-state index is 0.00620. The fourth-order valence-corrected chi connectivity index (χ4v) is 1.98. The summed E-state index contributed by atoms with van der Waals surface area (Å²) in [7, 11) is -2.56. The van der Waals surface area contributed by atoms with Crippen LogP contribution in [0.2, 0.25) is 0 Å². The molecule has 0 amide bonds. The Balaban J connectivity index is 0.000000172. The number of nitro groups is 1. The highest BCUT2D eigenvalue weighted by molar-refractivity contribution is 7.61. The van der Waals surface area contributed by atoms with Crippen LogP contribution in [0.4, 0.5) is 11.4 Å². The van der Waals surface area contributed by atoms with E-state index in [2.05, 4.69) is 4.36 Å². The van der Waals surface area contributed by atoms with Crippen LogP contribution in [-0.2, 0) is 10.5 Å². The first kappa shape index (κ1) is 16.1. The summed E-state index contributed by atoms with van der Waals surface area (Å²) >= 11 is 0. The lowest BCUT2D eigenvalue weighted by atomic mass is 10.2. The number of rotatable bonds is 3. The molecule has 0 aliphatic rings. The molecule has 1 N–H and O–H groups in total. The van der Waals surface area contributed by atoms with Crippen molar-refractivity contribution in [1.29, 1.82) is 0 Å². The Morgan fingerprint density at radius 1 is 1.22 bits per heavy atom. The van der Waals surface area contributed by atoms with Gasteiger partial charge in [-0.15, -0.1) is 4.36 Å². The van der Waals surface area contributed by atoms with Gasteiger partial charge in [-0.3, -0.25) is 10.1 Å². The Bertz CT molecular complexity index is 983. The van der Waals surface area contributed by atoms with Crippen molar-refractivity contribution in [2.75, 3.05) is 0 Å². The molecule has 0 spiro atoms. The molecule has 0 atom stereocenters. The third-order valence-electron chi connectivity index (χ3n) is 2.63. The average molecular weight is 336 g/mol. The van der Waals surface area contributed by atoms with Crippen molar-refractivity contribution in [3.05, 3.63) is 58.1 Å². The van der Waals surface area contributed by atoms with E-state index in [1.54, 1.807) is 12.1 Å². The molecule has 10 heteroatoms. The van der Waals surface area contributed by atoms with Crippen molar-refractivity contribution in [3.8, 4) is 0 Å². The fraction of sp³-hybridized carbons (Fsp3) is 0. The van der Waals surface area contributed by atoms with Crippen LogP contribution in [0.25, 0.3) is 11.2 Å². The number of carboxylic acids is 1. The number of benzene rings is 2. The summed E-state index contributed by atoms with van der Waals surface area (Å²) in [5, 5.41) is 18.7. The lowest BCUT2D eigenvalue weighted by Crippen LogP contribution is -1.94. The summed E-state index contributed by atoms with van der Waals surface area (Å²) < 4.78 is 28.4. The number of non-ortho nitro benzene ring substituents is 1. The van der Waals surface area contributed by atoms with Crippen LogP contribution in [0.15, 0.2) is 51.2 Å². The number of carboxylic acid groups (broad SMARTS) is 1. The summed E-state index contributed by atoms with van der Waals surface area (Å²) in [5.74, 6) is -1.12. The molecule has 0 aliphatic carbocycles. The summed E-state index contributed by atoms with van der Waals surface area (Å²) in [4.78, 5) is 20.2. The number of carbonyl (C=O) groups is 1. The minimum Gasteiger partial charge on any atom is -0.478 e. The quantitative estimate of drug-likeness (QED) is 0.572. The van der Waals surface area contributed by atoms with Crippen LogP contribution < -0.4 is 0 Å². The number of aromatic carboxylic acids is 1. The van der Waals surface area contributed by atoms with E-state index in [1.165, 1.54) is 30.3 Å². The Morgan fingerprint density at radius 2 is 1.96 bits per heavy atom. The molecule has 118 valence electrons. The van der Waals surface area contributed by atoms with E-state index in [1.807, 2.05) is 0 Å². The molecule has 0 saturated heterocycles. The van der Waals surface area contributed by atoms with Crippen LogP contribution in [0.5, 0.6) is 0 Å². The largest absolute Gasteiger partial charge is 0.478 e. The van der Waals surface area contributed by atoms with Crippen LogP contribution in [0, 0.1) is 10.1 Å². The molecule has 2 bridgehead atoms. The normalized spacial score (nSPS) is 9.91. The van der Waals surface area contributed by atoms with Crippen LogP contribution >= 0.6 is 0 Å². The van der Waals surface area contributed by atoms with Gasteiger partial charge >= 0.3 is 22.2 Å². The topological polar surface area (TPSA) is 140 Å². The van der Waals surface area contributed by atoms with Gasteiger partial charge in [-0.05, 0) is 30.3 Å². The van der Waals surface area contributed by atoms with E-state index in [4.69, 9.17) is 9.52 Å². The Kier molecular flexibility index (Phi) is 4.66. The third kappa shape index (κ3) is 4.11. The Labute approximate surface area is 130 Å². The number of hydrogen-bond acceptors (Lipinski definition) is 7. The van der Waals surface area contributed by atoms with Crippen molar-refractivity contribution in [2.45, 2.75) is 0 Å². The predicted molar refractivity (Wildman–Crippen MR) is 78.5 cm³/mol. The molecule has 2 heterocycles. The summed E-state index contributed by atoms with van der Waals surface area (Å²) in [6.45, 7) is 0. The van der Waals surface area contributed by atoms with E-state index < -0.39 is 21.4 Å². The highest BCUT2D eigenvalue weighted by atomic mass is 32.2. The SMILES string of the molecule is O=C(O)c1cccc(N=S(=O)=O)c1.O=[N+]([O-])c1cc2ccc1o2. The first-order valence-corrected chi connectivity index (χ1v) is 7.01. The van der Waals surface area contributed by atoms with E-state index in [0.717, 1.165) is 0 Å². The molecule has 0 radical (unpaired) electrons. The van der Waals surface area contributed by atoms with Gasteiger partial charge in [0.1, 0.15) is 5.58 Å². The smallest absolute Gasteiger partial charge is 0.335 e. The van der Waals surface area contributed by atoms with Gasteiger partial charge in [0.25, 0.3) is 0 Å². The van der Waals surface area contributed by atoms with Gasteiger partial charge in [0.05, 0.1) is 22.2 Å². The van der Waals surface area contributed by atoms with Crippen molar-refractivity contribution >= 4 is 39.0 Å². The van der Waals surface area contributed by atoms with Crippen molar-refractivity contribution in [3.63, 3.8) is 0 Å². The number of furan rings is 2. The first-order chi connectivity index (χ1) is 10.9. The number of nitro benzene ring substituents is 1. The van der Waals surface area contributed by atoms with Gasteiger partial charge in [0, 0.05) is 0 Å². The molecular formula is C13H8N2O7S. The van der Waals surface area contributed by atoms with Gasteiger partial charge in [-0.1, -0.05) is 6.07 Å². The minimum atomic E-state index is -2.56. The molecule has 1 aromatic carbocycles. The average Bonchev–Trinajstić information content (AvgIpc) is 3.10. The molecule has 0 fully saturated rings. The van der Waals surface area contributed by atoms with Crippen molar-refractivity contribution < 1.29 is 27.7 Å². The molecule has 3 rings (SSSR count). The maximum atomic E-state index is 10.4. The molecule has 23 heavy (non-hydrogen) atoms. The molecule has 9 nitrogen and oxygen atoms in total. The maximum Gasteiger partial charge on any atom is 0.335 e. The standard InChI is InChI=1S/C7H5NO4S.C6H3NO3/c9-7(10)5-2-1-3-6(4-5)8-13(11)12;8-7(9)5-3-4-1-2-6(5)10-4/h1-4H,(H,9,10);1-3H. The molecule has 2 aromatic heterocycles. The Morgan fingerprint density at radius 3 is 2.39 bits per heavy atom. The van der Waals surface area contributed by atoms with E-state index in [-0.39, 0.29) is 16.9 Å². The molecular weight excluding hydrogens is 328 g/mol.